The Morgan fingerprint density at radius 1 is 0.822 bits per heavy atom. The monoisotopic (exact) mass is 612 g/mol. The minimum atomic E-state index is -1.69. The van der Waals surface area contributed by atoms with Crippen LogP contribution < -0.4 is 9.47 Å². The third-order valence-electron chi connectivity index (χ3n) is 8.25. The van der Waals surface area contributed by atoms with Gasteiger partial charge in [0.25, 0.3) is 0 Å². The lowest BCUT2D eigenvalue weighted by Crippen LogP contribution is -2.39. The number of nitrogens with zero attached hydrogens (tertiary/aromatic N) is 2. The van der Waals surface area contributed by atoms with Crippen LogP contribution in [-0.2, 0) is 16.4 Å². The summed E-state index contributed by atoms with van der Waals surface area (Å²) in [6.45, 7) is 20.0. The number of phenols is 1. The van der Waals surface area contributed by atoms with Crippen molar-refractivity contribution in [3.8, 4) is 23.3 Å². The van der Waals surface area contributed by atoms with Gasteiger partial charge < -0.3 is 19.7 Å². The molecule has 0 bridgehead atoms. The Labute approximate surface area is 270 Å². The van der Waals surface area contributed by atoms with E-state index in [1.807, 2.05) is 37.3 Å². The molecule has 3 aromatic rings. The van der Waals surface area contributed by atoms with Gasteiger partial charge in [0, 0.05) is 22.9 Å². The highest BCUT2D eigenvalue weighted by atomic mass is 16.5. The van der Waals surface area contributed by atoms with Crippen molar-refractivity contribution >= 4 is 6.21 Å². The Morgan fingerprint density at radius 2 is 1.31 bits per heavy atom. The number of aromatic hydroxyl groups is 1. The van der Waals surface area contributed by atoms with E-state index in [9.17, 15) is 15.5 Å². The fraction of sp³-hybridized carbons (Fsp3) is 0.487. The van der Waals surface area contributed by atoms with E-state index in [0.717, 1.165) is 36.8 Å². The smallest absolute Gasteiger partial charge is 0.144 e. The summed E-state index contributed by atoms with van der Waals surface area (Å²) in [6, 6.07) is 18.4. The minimum absolute atomic E-state index is 0.142. The van der Waals surface area contributed by atoms with E-state index in [2.05, 4.69) is 67.5 Å². The van der Waals surface area contributed by atoms with Gasteiger partial charge in [0.15, 0.2) is 0 Å². The van der Waals surface area contributed by atoms with Gasteiger partial charge >= 0.3 is 0 Å². The lowest BCUT2D eigenvalue weighted by molar-refractivity contribution is 0.0519. The second-order valence-electron chi connectivity index (χ2n) is 13.9. The van der Waals surface area contributed by atoms with E-state index < -0.39 is 11.6 Å². The van der Waals surface area contributed by atoms with Crippen molar-refractivity contribution in [2.75, 3.05) is 13.2 Å². The number of ether oxygens (including phenoxy) is 2. The molecule has 0 heterocycles. The molecule has 0 aliphatic carbocycles. The summed E-state index contributed by atoms with van der Waals surface area (Å²) in [4.78, 5) is 4.86. The lowest BCUT2D eigenvalue weighted by Gasteiger charge is -2.37. The predicted molar refractivity (Wildman–Crippen MR) is 184 cm³/mol. The standard InChI is InChI=1S/C39H52N2O4/c1-10-12-21-44-34-19-17-30(37(4,5)6)23-32(34)39(43,27(3)41-26-29-16-14-15-28(25-40)36(29)42)33-24-31(38(7,8)9)18-20-35(33)45-22-13-11-2/h14-20,23-24,26-27,42-43H,10-13,21-22H2,1-9H3/t27-/m1/s1. The number of phenolic OH excluding ortho intramolecular Hbond substituents is 1. The minimum Gasteiger partial charge on any atom is -0.506 e. The summed E-state index contributed by atoms with van der Waals surface area (Å²) in [6.07, 6.45) is 5.25. The molecule has 6 heteroatoms. The zero-order valence-electron chi connectivity index (χ0n) is 28.7. The number of benzene rings is 3. The molecule has 0 fully saturated rings. The van der Waals surface area contributed by atoms with Gasteiger partial charge in [-0.1, -0.05) is 86.4 Å². The highest BCUT2D eigenvalue weighted by molar-refractivity contribution is 5.85. The molecule has 1 atom stereocenters. The average Bonchev–Trinajstić information content (AvgIpc) is 2.99. The molecule has 3 aromatic carbocycles. The first-order valence-electron chi connectivity index (χ1n) is 16.2. The second kappa shape index (κ2) is 15.0. The normalized spacial score (nSPS) is 13.1. The van der Waals surface area contributed by atoms with E-state index in [1.165, 1.54) is 6.21 Å². The van der Waals surface area contributed by atoms with Crippen molar-refractivity contribution in [1.82, 2.24) is 0 Å². The Bertz CT molecular complexity index is 1430. The first-order chi connectivity index (χ1) is 21.2. The maximum atomic E-state index is 13.3. The Kier molecular flexibility index (Phi) is 11.9. The highest BCUT2D eigenvalue weighted by Gasteiger charge is 2.43. The third-order valence-corrected chi connectivity index (χ3v) is 8.25. The summed E-state index contributed by atoms with van der Waals surface area (Å²) in [7, 11) is 0. The maximum absolute atomic E-state index is 13.3. The summed E-state index contributed by atoms with van der Waals surface area (Å²) < 4.78 is 12.8. The SMILES string of the molecule is CCCCOc1ccc(C(C)(C)C)cc1C(O)(c1cc(C(C)(C)C)ccc1OCCCC)[C@@H](C)N=Cc1cccc(C#N)c1O. The van der Waals surface area contributed by atoms with Crippen LogP contribution in [0.1, 0.15) is 121 Å². The van der Waals surface area contributed by atoms with Crippen LogP contribution in [0.5, 0.6) is 17.2 Å². The van der Waals surface area contributed by atoms with Gasteiger partial charge in [-0.25, -0.2) is 0 Å². The topological polar surface area (TPSA) is 95.1 Å². The number of para-hydroxylation sites is 1. The number of hydrogen-bond donors (Lipinski definition) is 2. The molecule has 242 valence electrons. The van der Waals surface area contributed by atoms with Crippen LogP contribution >= 0.6 is 0 Å². The molecule has 0 aliphatic rings. The zero-order chi connectivity index (χ0) is 33.4. The highest BCUT2D eigenvalue weighted by Crippen LogP contribution is 2.46. The molecule has 0 aromatic heterocycles. The summed E-state index contributed by atoms with van der Waals surface area (Å²) >= 11 is 0. The van der Waals surface area contributed by atoms with Crippen molar-refractivity contribution in [3.63, 3.8) is 0 Å². The molecule has 0 radical (unpaired) electrons. The molecular formula is C39H52N2O4. The molecule has 0 amide bonds. The van der Waals surface area contributed by atoms with Gasteiger partial charge in [-0.05, 0) is 78.1 Å². The maximum Gasteiger partial charge on any atom is 0.144 e. The van der Waals surface area contributed by atoms with E-state index in [0.29, 0.717) is 41.4 Å². The number of aliphatic imine (C=N–C) groups is 1. The second-order valence-corrected chi connectivity index (χ2v) is 13.9. The molecule has 0 saturated carbocycles. The fourth-order valence-corrected chi connectivity index (χ4v) is 5.14. The Balaban J connectivity index is 2.39. The molecule has 2 N–H and O–H groups in total. The van der Waals surface area contributed by atoms with E-state index >= 15 is 0 Å². The van der Waals surface area contributed by atoms with Crippen molar-refractivity contribution < 1.29 is 19.7 Å². The number of aliphatic hydroxyl groups is 1. The van der Waals surface area contributed by atoms with Crippen LogP contribution in [0.4, 0.5) is 0 Å². The van der Waals surface area contributed by atoms with E-state index in [-0.39, 0.29) is 22.1 Å². The number of rotatable bonds is 13. The van der Waals surface area contributed by atoms with Gasteiger partial charge in [0.05, 0.1) is 24.8 Å². The van der Waals surface area contributed by atoms with Crippen molar-refractivity contribution in [2.24, 2.45) is 4.99 Å². The van der Waals surface area contributed by atoms with Crippen LogP contribution in [0.25, 0.3) is 0 Å². The van der Waals surface area contributed by atoms with Crippen molar-refractivity contribution in [3.05, 3.63) is 88.0 Å². The van der Waals surface area contributed by atoms with Gasteiger partial charge in [0.1, 0.15) is 28.9 Å². The fourth-order valence-electron chi connectivity index (χ4n) is 5.14. The van der Waals surface area contributed by atoms with Crippen LogP contribution in [-0.4, -0.2) is 35.7 Å². The molecule has 0 aliphatic heterocycles. The summed E-state index contributed by atoms with van der Waals surface area (Å²) in [5.41, 5.74) is 1.80. The van der Waals surface area contributed by atoms with Crippen molar-refractivity contribution in [2.45, 2.75) is 110 Å². The largest absolute Gasteiger partial charge is 0.506 e. The van der Waals surface area contributed by atoms with Crippen molar-refractivity contribution in [1.29, 1.82) is 5.26 Å². The Morgan fingerprint density at radius 3 is 1.73 bits per heavy atom. The number of hydrogen-bond acceptors (Lipinski definition) is 6. The molecule has 0 saturated heterocycles. The average molecular weight is 613 g/mol. The van der Waals surface area contributed by atoms with Gasteiger partial charge in [-0.15, -0.1) is 0 Å². The van der Waals surface area contributed by atoms with Crippen LogP contribution in [0.15, 0.2) is 59.6 Å². The zero-order valence-corrected chi connectivity index (χ0v) is 28.7. The molecule has 6 nitrogen and oxygen atoms in total. The number of unbranched alkanes of at least 4 members (excludes halogenated alkanes) is 2. The molecule has 3 rings (SSSR count). The van der Waals surface area contributed by atoms with Crippen LogP contribution in [0.3, 0.4) is 0 Å². The van der Waals surface area contributed by atoms with Gasteiger partial charge in [0.2, 0.25) is 0 Å². The predicted octanol–water partition coefficient (Wildman–Crippen LogP) is 8.96. The third kappa shape index (κ3) is 8.47. The van der Waals surface area contributed by atoms with E-state index in [1.54, 1.807) is 18.2 Å². The molecule has 45 heavy (non-hydrogen) atoms. The first-order valence-corrected chi connectivity index (χ1v) is 16.2. The first kappa shape index (κ1) is 35.7. The molecular weight excluding hydrogens is 560 g/mol. The van der Waals surface area contributed by atoms with Gasteiger partial charge in [-0.3, -0.25) is 4.99 Å². The Hall–Kier alpha value is -3.82. The summed E-state index contributed by atoms with van der Waals surface area (Å²) in [5.74, 6) is 1.04. The molecule has 0 spiro atoms. The van der Waals surface area contributed by atoms with E-state index in [4.69, 9.17) is 14.5 Å². The lowest BCUT2D eigenvalue weighted by atomic mass is 9.75. The van der Waals surface area contributed by atoms with Crippen LogP contribution in [0, 0.1) is 11.3 Å². The molecule has 0 unspecified atom stereocenters. The van der Waals surface area contributed by atoms with Gasteiger partial charge in [-0.2, -0.15) is 5.26 Å². The van der Waals surface area contributed by atoms with Crippen LogP contribution in [0.2, 0.25) is 0 Å². The quantitative estimate of drug-likeness (QED) is 0.148. The number of nitriles is 1. The summed E-state index contributed by atoms with van der Waals surface area (Å²) in [5, 5.41) is 33.5.